The van der Waals surface area contributed by atoms with Gasteiger partial charge < -0.3 is 14.9 Å². The predicted octanol–water partition coefficient (Wildman–Crippen LogP) is 5.68. The number of ether oxygens (including phenoxy) is 1. The number of aliphatic hydroxyl groups excluding tert-OH is 2. The lowest BCUT2D eigenvalue weighted by Crippen LogP contribution is -2.34. The second-order valence-electron chi connectivity index (χ2n) is 9.03. The van der Waals surface area contributed by atoms with Gasteiger partial charge in [0.05, 0.1) is 23.7 Å². The molecule has 0 spiro atoms. The van der Waals surface area contributed by atoms with Crippen molar-refractivity contribution in [2.75, 3.05) is 0 Å². The molecule has 5 nitrogen and oxygen atoms in total. The number of hydrogen-bond donors (Lipinski definition) is 2. The lowest BCUT2D eigenvalue weighted by molar-refractivity contribution is -0.147. The molecule has 0 aliphatic heterocycles. The van der Waals surface area contributed by atoms with Crippen LogP contribution < -0.4 is 0 Å². The van der Waals surface area contributed by atoms with Gasteiger partial charge in [-0.05, 0) is 30.9 Å². The Morgan fingerprint density at radius 2 is 1.45 bits per heavy atom. The lowest BCUT2D eigenvalue weighted by atomic mass is 9.90. The van der Waals surface area contributed by atoms with Gasteiger partial charge in [-0.3, -0.25) is 4.79 Å². The SMILES string of the molecule is CCCCCCCCCCC(C(=O)OC(=O)c1ccccc1)C(O)CC(O)CC(C)C. The summed E-state index contributed by atoms with van der Waals surface area (Å²) < 4.78 is 5.09. The van der Waals surface area contributed by atoms with Crippen LogP contribution in [0.25, 0.3) is 0 Å². The van der Waals surface area contributed by atoms with Crippen molar-refractivity contribution in [3.8, 4) is 0 Å². The molecular formula is C26H42O5. The Labute approximate surface area is 188 Å². The average molecular weight is 435 g/mol. The first-order valence-corrected chi connectivity index (χ1v) is 12.0. The molecule has 0 aromatic heterocycles. The summed E-state index contributed by atoms with van der Waals surface area (Å²) in [6.07, 6.45) is 8.42. The fourth-order valence-electron chi connectivity index (χ4n) is 3.85. The lowest BCUT2D eigenvalue weighted by Gasteiger charge is -2.24. The molecule has 0 amide bonds. The molecule has 0 saturated heterocycles. The van der Waals surface area contributed by atoms with E-state index in [0.29, 0.717) is 24.3 Å². The average Bonchev–Trinajstić information content (AvgIpc) is 2.72. The highest BCUT2D eigenvalue weighted by Gasteiger charge is 2.31. The van der Waals surface area contributed by atoms with Gasteiger partial charge in [0.15, 0.2) is 0 Å². The minimum absolute atomic E-state index is 0.106. The number of carbonyl (C=O) groups is 2. The van der Waals surface area contributed by atoms with Crippen LogP contribution in [0.3, 0.4) is 0 Å². The molecule has 5 heteroatoms. The topological polar surface area (TPSA) is 83.8 Å². The van der Waals surface area contributed by atoms with Gasteiger partial charge >= 0.3 is 11.9 Å². The molecule has 0 radical (unpaired) electrons. The first kappa shape index (κ1) is 27.3. The van der Waals surface area contributed by atoms with Crippen molar-refractivity contribution in [1.82, 2.24) is 0 Å². The van der Waals surface area contributed by atoms with Crippen LogP contribution in [0.4, 0.5) is 0 Å². The smallest absolute Gasteiger partial charge is 0.345 e. The Balaban J connectivity index is 2.61. The number of aliphatic hydroxyl groups is 2. The highest BCUT2D eigenvalue weighted by Crippen LogP contribution is 2.23. The number of carbonyl (C=O) groups excluding carboxylic acids is 2. The van der Waals surface area contributed by atoms with Crippen LogP contribution in [0.5, 0.6) is 0 Å². The predicted molar refractivity (Wildman–Crippen MR) is 124 cm³/mol. The van der Waals surface area contributed by atoms with Crippen molar-refractivity contribution in [3.63, 3.8) is 0 Å². The standard InChI is InChI=1S/C26H42O5/c1-4-5-6-7-8-9-10-14-17-23(24(28)19-22(27)18-20(2)3)26(30)31-25(29)21-15-12-11-13-16-21/h11-13,15-16,20,22-24,27-28H,4-10,14,17-19H2,1-3H3. The highest BCUT2D eigenvalue weighted by molar-refractivity contribution is 5.97. The van der Waals surface area contributed by atoms with Gasteiger partial charge in [0.25, 0.3) is 0 Å². The summed E-state index contributed by atoms with van der Waals surface area (Å²) in [4.78, 5) is 25.0. The van der Waals surface area contributed by atoms with Gasteiger partial charge in [-0.15, -0.1) is 0 Å². The zero-order valence-corrected chi connectivity index (χ0v) is 19.6. The van der Waals surface area contributed by atoms with Gasteiger partial charge in [0.2, 0.25) is 0 Å². The summed E-state index contributed by atoms with van der Waals surface area (Å²) in [6.45, 7) is 6.20. The summed E-state index contributed by atoms with van der Waals surface area (Å²) in [6, 6.07) is 8.37. The van der Waals surface area contributed by atoms with Crippen LogP contribution >= 0.6 is 0 Å². The Bertz CT molecular complexity index is 613. The molecule has 0 bridgehead atoms. The fraction of sp³-hybridized carbons (Fsp3) is 0.692. The van der Waals surface area contributed by atoms with Crippen molar-refractivity contribution in [3.05, 3.63) is 35.9 Å². The number of rotatable bonds is 16. The van der Waals surface area contributed by atoms with E-state index < -0.39 is 30.1 Å². The van der Waals surface area contributed by atoms with E-state index in [4.69, 9.17) is 4.74 Å². The second-order valence-corrected chi connectivity index (χ2v) is 9.03. The number of benzene rings is 1. The molecule has 3 atom stereocenters. The zero-order chi connectivity index (χ0) is 23.1. The molecule has 1 rings (SSSR count). The minimum atomic E-state index is -1.03. The Kier molecular flexibility index (Phi) is 14.1. The van der Waals surface area contributed by atoms with E-state index in [1.54, 1.807) is 30.3 Å². The van der Waals surface area contributed by atoms with Crippen molar-refractivity contribution < 1.29 is 24.5 Å². The molecule has 2 N–H and O–H groups in total. The summed E-state index contributed by atoms with van der Waals surface area (Å²) in [5.74, 6) is -1.93. The molecule has 0 aliphatic carbocycles. The minimum Gasteiger partial charge on any atom is -0.393 e. The first-order valence-electron chi connectivity index (χ1n) is 12.0. The van der Waals surface area contributed by atoms with E-state index >= 15 is 0 Å². The third-order valence-electron chi connectivity index (χ3n) is 5.60. The van der Waals surface area contributed by atoms with E-state index in [1.165, 1.54) is 32.1 Å². The van der Waals surface area contributed by atoms with Crippen molar-refractivity contribution >= 4 is 11.9 Å². The summed E-state index contributed by atoms with van der Waals surface area (Å²) in [5.41, 5.74) is 0.302. The van der Waals surface area contributed by atoms with Crippen molar-refractivity contribution in [1.29, 1.82) is 0 Å². The number of hydrogen-bond acceptors (Lipinski definition) is 5. The van der Waals surface area contributed by atoms with Crippen molar-refractivity contribution in [2.45, 2.75) is 104 Å². The molecule has 0 aliphatic rings. The summed E-state index contributed by atoms with van der Waals surface area (Å²) >= 11 is 0. The van der Waals surface area contributed by atoms with E-state index in [9.17, 15) is 19.8 Å². The van der Waals surface area contributed by atoms with Crippen LogP contribution in [0, 0.1) is 11.8 Å². The molecule has 0 saturated carbocycles. The highest BCUT2D eigenvalue weighted by atomic mass is 16.6. The summed E-state index contributed by atoms with van der Waals surface area (Å²) in [7, 11) is 0. The third kappa shape index (κ3) is 12.0. The number of esters is 2. The van der Waals surface area contributed by atoms with E-state index in [2.05, 4.69) is 6.92 Å². The van der Waals surface area contributed by atoms with Gasteiger partial charge in [0.1, 0.15) is 0 Å². The van der Waals surface area contributed by atoms with Crippen LogP contribution in [0.2, 0.25) is 0 Å². The molecule has 1 aromatic rings. The van der Waals surface area contributed by atoms with Crippen LogP contribution in [0.15, 0.2) is 30.3 Å². The molecular weight excluding hydrogens is 392 g/mol. The fourth-order valence-corrected chi connectivity index (χ4v) is 3.85. The van der Waals surface area contributed by atoms with E-state index in [-0.39, 0.29) is 6.42 Å². The maximum Gasteiger partial charge on any atom is 0.345 e. The first-order chi connectivity index (χ1) is 14.8. The van der Waals surface area contributed by atoms with E-state index in [1.807, 2.05) is 13.8 Å². The molecule has 0 fully saturated rings. The second kappa shape index (κ2) is 16.0. The largest absolute Gasteiger partial charge is 0.393 e. The third-order valence-corrected chi connectivity index (χ3v) is 5.60. The van der Waals surface area contributed by atoms with Gasteiger partial charge in [-0.25, -0.2) is 4.79 Å². The van der Waals surface area contributed by atoms with Gasteiger partial charge in [0, 0.05) is 6.42 Å². The Morgan fingerprint density at radius 1 is 0.871 bits per heavy atom. The molecule has 3 unspecified atom stereocenters. The quantitative estimate of drug-likeness (QED) is 0.199. The molecule has 1 aromatic carbocycles. The molecule has 176 valence electrons. The summed E-state index contributed by atoms with van der Waals surface area (Å²) in [5, 5.41) is 20.9. The van der Waals surface area contributed by atoms with Crippen LogP contribution in [0.1, 0.15) is 102 Å². The van der Waals surface area contributed by atoms with Crippen LogP contribution in [-0.2, 0) is 9.53 Å². The van der Waals surface area contributed by atoms with E-state index in [0.717, 1.165) is 19.3 Å². The Morgan fingerprint density at radius 3 is 2.03 bits per heavy atom. The molecule has 0 heterocycles. The Hall–Kier alpha value is -1.72. The van der Waals surface area contributed by atoms with Crippen LogP contribution in [-0.4, -0.2) is 34.4 Å². The normalized spacial score (nSPS) is 14.3. The van der Waals surface area contributed by atoms with Crippen molar-refractivity contribution in [2.24, 2.45) is 11.8 Å². The molecule has 31 heavy (non-hydrogen) atoms. The maximum absolute atomic E-state index is 12.7. The number of unbranched alkanes of at least 4 members (excludes halogenated alkanes) is 7. The maximum atomic E-state index is 12.7. The zero-order valence-electron chi connectivity index (χ0n) is 19.6. The van der Waals surface area contributed by atoms with Gasteiger partial charge in [-0.1, -0.05) is 90.3 Å². The van der Waals surface area contributed by atoms with Gasteiger partial charge in [-0.2, -0.15) is 0 Å². The monoisotopic (exact) mass is 434 g/mol.